The first-order chi connectivity index (χ1) is 10.3. The van der Waals surface area contributed by atoms with Crippen molar-refractivity contribution < 1.29 is 0 Å². The lowest BCUT2D eigenvalue weighted by atomic mass is 9.97. The second-order valence-electron chi connectivity index (χ2n) is 5.34. The quantitative estimate of drug-likeness (QED) is 0.767. The Morgan fingerprint density at radius 2 is 1.95 bits per heavy atom. The summed E-state index contributed by atoms with van der Waals surface area (Å²) in [7, 11) is 0. The minimum Gasteiger partial charge on any atom is -0.313 e. The molecule has 21 heavy (non-hydrogen) atoms. The highest BCUT2D eigenvalue weighted by Crippen LogP contribution is 2.27. The third-order valence-corrected chi connectivity index (χ3v) is 3.79. The second kappa shape index (κ2) is 6.06. The molecule has 0 bridgehead atoms. The van der Waals surface area contributed by atoms with Gasteiger partial charge >= 0.3 is 0 Å². The molecule has 1 N–H and O–H groups in total. The topological polar surface area (TPSA) is 24.9 Å². The van der Waals surface area contributed by atoms with Crippen LogP contribution in [0.5, 0.6) is 0 Å². The van der Waals surface area contributed by atoms with Crippen LogP contribution in [0.2, 0.25) is 0 Å². The summed E-state index contributed by atoms with van der Waals surface area (Å²) in [4.78, 5) is 4.45. The molecule has 0 radical (unpaired) electrons. The van der Waals surface area contributed by atoms with E-state index in [4.69, 9.17) is 0 Å². The smallest absolute Gasteiger partial charge is 0.0708 e. The van der Waals surface area contributed by atoms with Crippen molar-refractivity contribution in [3.63, 3.8) is 0 Å². The Bertz CT molecular complexity index is 762. The van der Waals surface area contributed by atoms with Crippen LogP contribution in [0, 0.1) is 6.92 Å². The fraction of sp³-hybridized carbons (Fsp3) is 0.211. The van der Waals surface area contributed by atoms with E-state index in [1.54, 1.807) is 0 Å². The molecule has 0 aliphatic rings. The number of rotatable bonds is 4. The molecule has 0 saturated carbocycles. The lowest BCUT2D eigenvalue weighted by Crippen LogP contribution is -2.11. The summed E-state index contributed by atoms with van der Waals surface area (Å²) in [5.41, 5.74) is 6.19. The zero-order valence-corrected chi connectivity index (χ0v) is 12.6. The number of benzene rings is 2. The molecule has 0 aliphatic heterocycles. The highest BCUT2D eigenvalue weighted by Gasteiger charge is 2.04. The summed E-state index contributed by atoms with van der Waals surface area (Å²) in [6.45, 7) is 6.23. The standard InChI is InChI=1S/C19H20N2/c1-3-20-13-15-6-9-18(14(2)11-15)17-8-7-16-5-4-10-21-19(16)12-17/h4-12,20H,3,13H2,1-2H3. The van der Waals surface area contributed by atoms with Gasteiger partial charge in [0.05, 0.1) is 5.52 Å². The van der Waals surface area contributed by atoms with Crippen molar-refractivity contribution in [3.8, 4) is 11.1 Å². The van der Waals surface area contributed by atoms with Crippen LogP contribution in [0.25, 0.3) is 22.0 Å². The Morgan fingerprint density at radius 1 is 1.05 bits per heavy atom. The van der Waals surface area contributed by atoms with E-state index < -0.39 is 0 Å². The molecular weight excluding hydrogens is 256 g/mol. The van der Waals surface area contributed by atoms with Crippen molar-refractivity contribution in [2.45, 2.75) is 20.4 Å². The van der Waals surface area contributed by atoms with Crippen molar-refractivity contribution in [2.75, 3.05) is 6.54 Å². The van der Waals surface area contributed by atoms with Crippen molar-refractivity contribution in [3.05, 3.63) is 65.9 Å². The Labute approximate surface area is 125 Å². The molecule has 3 aromatic rings. The van der Waals surface area contributed by atoms with Gasteiger partial charge in [0, 0.05) is 18.1 Å². The van der Waals surface area contributed by atoms with Crippen LogP contribution < -0.4 is 5.32 Å². The van der Waals surface area contributed by atoms with Crippen molar-refractivity contribution in [2.24, 2.45) is 0 Å². The van der Waals surface area contributed by atoms with Crippen LogP contribution in [0.3, 0.4) is 0 Å². The molecule has 2 heteroatoms. The predicted molar refractivity (Wildman–Crippen MR) is 89.3 cm³/mol. The van der Waals surface area contributed by atoms with Gasteiger partial charge in [0.1, 0.15) is 0 Å². The normalized spacial score (nSPS) is 11.0. The molecule has 0 spiro atoms. The monoisotopic (exact) mass is 276 g/mol. The minimum absolute atomic E-state index is 0.927. The highest BCUT2D eigenvalue weighted by atomic mass is 14.8. The Hall–Kier alpha value is -2.19. The average molecular weight is 276 g/mol. The molecule has 106 valence electrons. The Balaban J connectivity index is 1.98. The number of fused-ring (bicyclic) bond motifs is 1. The summed E-state index contributed by atoms with van der Waals surface area (Å²) in [5.74, 6) is 0. The first-order valence-electron chi connectivity index (χ1n) is 7.43. The largest absolute Gasteiger partial charge is 0.313 e. The van der Waals surface area contributed by atoms with E-state index in [-0.39, 0.29) is 0 Å². The van der Waals surface area contributed by atoms with Crippen LogP contribution in [-0.4, -0.2) is 11.5 Å². The van der Waals surface area contributed by atoms with Crippen molar-refractivity contribution in [1.82, 2.24) is 10.3 Å². The third kappa shape index (κ3) is 2.96. The van der Waals surface area contributed by atoms with Crippen molar-refractivity contribution in [1.29, 1.82) is 0 Å². The maximum atomic E-state index is 4.45. The number of hydrogen-bond acceptors (Lipinski definition) is 2. The van der Waals surface area contributed by atoms with Crippen molar-refractivity contribution >= 4 is 10.9 Å². The summed E-state index contributed by atoms with van der Waals surface area (Å²) >= 11 is 0. The summed E-state index contributed by atoms with van der Waals surface area (Å²) in [5, 5.41) is 4.55. The molecular formula is C19H20N2. The van der Waals surface area contributed by atoms with Crippen LogP contribution in [0.4, 0.5) is 0 Å². The van der Waals surface area contributed by atoms with Crippen LogP contribution >= 0.6 is 0 Å². The van der Waals surface area contributed by atoms with Gasteiger partial charge < -0.3 is 5.32 Å². The van der Waals surface area contributed by atoms with Crippen LogP contribution in [-0.2, 0) is 6.54 Å². The van der Waals surface area contributed by atoms with Gasteiger partial charge in [-0.15, -0.1) is 0 Å². The summed E-state index contributed by atoms with van der Waals surface area (Å²) < 4.78 is 0. The predicted octanol–water partition coefficient (Wildman–Crippen LogP) is 4.32. The summed E-state index contributed by atoms with van der Waals surface area (Å²) in [6.07, 6.45) is 1.85. The molecule has 0 fully saturated rings. The third-order valence-electron chi connectivity index (χ3n) is 3.79. The molecule has 0 atom stereocenters. The Kier molecular flexibility index (Phi) is 3.98. The molecule has 2 aromatic carbocycles. The molecule has 2 nitrogen and oxygen atoms in total. The molecule has 0 unspecified atom stereocenters. The summed E-state index contributed by atoms with van der Waals surface area (Å²) in [6, 6.07) is 17.2. The first kappa shape index (κ1) is 13.8. The van der Waals surface area contributed by atoms with Gasteiger partial charge in [-0.2, -0.15) is 0 Å². The van der Waals surface area contributed by atoms with E-state index in [2.05, 4.69) is 66.6 Å². The Morgan fingerprint density at radius 3 is 2.76 bits per heavy atom. The first-order valence-corrected chi connectivity index (χ1v) is 7.43. The van der Waals surface area contributed by atoms with Gasteiger partial charge in [-0.1, -0.05) is 43.3 Å². The number of aromatic nitrogens is 1. The SMILES string of the molecule is CCNCc1ccc(-c2ccc3cccnc3c2)c(C)c1. The number of nitrogens with one attached hydrogen (secondary N) is 1. The lowest BCUT2D eigenvalue weighted by Gasteiger charge is -2.10. The van der Waals surface area contributed by atoms with Gasteiger partial charge in [-0.05, 0) is 47.9 Å². The zero-order valence-electron chi connectivity index (χ0n) is 12.6. The van der Waals surface area contributed by atoms with E-state index in [9.17, 15) is 0 Å². The van der Waals surface area contributed by atoms with E-state index in [1.807, 2.05) is 12.3 Å². The van der Waals surface area contributed by atoms with E-state index in [1.165, 1.54) is 27.6 Å². The second-order valence-corrected chi connectivity index (χ2v) is 5.34. The highest BCUT2D eigenvalue weighted by molar-refractivity contribution is 5.84. The van der Waals surface area contributed by atoms with Gasteiger partial charge in [-0.3, -0.25) is 4.98 Å². The molecule has 3 rings (SSSR count). The number of nitrogens with zero attached hydrogens (tertiary/aromatic N) is 1. The molecule has 0 saturated heterocycles. The van der Waals surface area contributed by atoms with Crippen LogP contribution in [0.1, 0.15) is 18.1 Å². The number of pyridine rings is 1. The maximum absolute atomic E-state index is 4.45. The number of hydrogen-bond donors (Lipinski definition) is 1. The number of aryl methyl sites for hydroxylation is 1. The van der Waals surface area contributed by atoms with Crippen LogP contribution in [0.15, 0.2) is 54.7 Å². The average Bonchev–Trinajstić information content (AvgIpc) is 2.52. The molecule has 1 aromatic heterocycles. The molecule has 0 aliphatic carbocycles. The van der Waals surface area contributed by atoms with Gasteiger partial charge in [0.15, 0.2) is 0 Å². The minimum atomic E-state index is 0.927. The maximum Gasteiger partial charge on any atom is 0.0708 e. The molecule has 1 heterocycles. The van der Waals surface area contributed by atoms with Gasteiger partial charge in [-0.25, -0.2) is 0 Å². The van der Waals surface area contributed by atoms with Gasteiger partial charge in [0.2, 0.25) is 0 Å². The van der Waals surface area contributed by atoms with E-state index >= 15 is 0 Å². The van der Waals surface area contributed by atoms with Gasteiger partial charge in [0.25, 0.3) is 0 Å². The lowest BCUT2D eigenvalue weighted by molar-refractivity contribution is 0.726. The van der Waals surface area contributed by atoms with E-state index in [0.717, 1.165) is 18.6 Å². The fourth-order valence-corrected chi connectivity index (χ4v) is 2.66. The van der Waals surface area contributed by atoms with E-state index in [0.29, 0.717) is 0 Å². The zero-order chi connectivity index (χ0) is 14.7. The molecule has 0 amide bonds. The fourth-order valence-electron chi connectivity index (χ4n) is 2.66.